The van der Waals surface area contributed by atoms with Crippen LogP contribution in [0.15, 0.2) is 57.5 Å². The number of fused-ring (bicyclic) bond motifs is 8. The molecule has 4 nitrogen and oxygen atoms in total. The van der Waals surface area contributed by atoms with Crippen LogP contribution < -0.4 is 56.7 Å². The van der Waals surface area contributed by atoms with Crippen molar-refractivity contribution in [2.75, 3.05) is 26.4 Å². The number of halogens is 2. The van der Waals surface area contributed by atoms with E-state index in [1.54, 1.807) is 0 Å². The summed E-state index contributed by atoms with van der Waals surface area (Å²) in [5, 5.41) is 0. The molecule has 1 aliphatic rings. The van der Waals surface area contributed by atoms with Gasteiger partial charge in [0, 0.05) is 20.4 Å². The van der Waals surface area contributed by atoms with Crippen molar-refractivity contribution in [3.63, 3.8) is 0 Å². The van der Waals surface area contributed by atoms with Gasteiger partial charge in [-0.3, -0.25) is 0 Å². The monoisotopic (exact) mass is 760 g/mol. The van der Waals surface area contributed by atoms with Crippen molar-refractivity contribution < 1.29 is 56.7 Å². The largest absolute Gasteiger partial charge is 1.00 e. The average molecular weight is 762 g/mol. The van der Waals surface area contributed by atoms with E-state index in [0.717, 1.165) is 102 Å². The summed E-state index contributed by atoms with van der Waals surface area (Å²) in [4.78, 5) is 0. The molecule has 0 atom stereocenters. The predicted octanol–water partition coefficient (Wildman–Crippen LogP) is 4.65. The molecule has 0 N–H and O–H groups in total. The van der Waals surface area contributed by atoms with Gasteiger partial charge in [-0.05, 0) is 97.9 Å². The van der Waals surface area contributed by atoms with E-state index >= 15 is 0 Å². The van der Waals surface area contributed by atoms with Crippen molar-refractivity contribution in [2.45, 2.75) is 79.1 Å². The van der Waals surface area contributed by atoms with E-state index in [9.17, 15) is 0 Å². The minimum Gasteiger partial charge on any atom is -0.519 e. The summed E-state index contributed by atoms with van der Waals surface area (Å²) >= 11 is 8.00. The zero-order valence-electron chi connectivity index (χ0n) is 29.5. The summed E-state index contributed by atoms with van der Waals surface area (Å²) in [6.45, 7) is 11.2. The summed E-state index contributed by atoms with van der Waals surface area (Å²) in [7, 11) is 0. The number of hydrogen-bond donors (Lipinski definition) is 0. The molecule has 0 saturated carbocycles. The second kappa shape index (κ2) is 20.2. The van der Waals surface area contributed by atoms with Gasteiger partial charge in [0.2, 0.25) is 0 Å². The van der Waals surface area contributed by atoms with Crippen molar-refractivity contribution in [1.82, 2.24) is 0 Å². The molecule has 0 saturated heterocycles. The molecule has 0 fully saturated rings. The third-order valence-electron chi connectivity index (χ3n) is 7.72. The second-order valence-electron chi connectivity index (χ2n) is 11.9. The second-order valence-corrected chi connectivity index (χ2v) is 13.5. The van der Waals surface area contributed by atoms with E-state index in [1.165, 1.54) is 0 Å². The van der Waals surface area contributed by atoms with Gasteiger partial charge in [0.05, 0.1) is 26.4 Å². The molecule has 244 valence electrons. The molecule has 5 rings (SSSR count). The van der Waals surface area contributed by atoms with E-state index < -0.39 is 0 Å². The first-order chi connectivity index (χ1) is 22.4. The van der Waals surface area contributed by atoms with Gasteiger partial charge >= 0.3 is 37.7 Å². The van der Waals surface area contributed by atoms with Crippen LogP contribution in [0.25, 0.3) is 0 Å². The average Bonchev–Trinajstić information content (AvgIpc) is 3.04. The van der Waals surface area contributed by atoms with Crippen molar-refractivity contribution in [1.29, 1.82) is 0 Å². The van der Waals surface area contributed by atoms with Crippen molar-refractivity contribution >= 4 is 31.9 Å². The topological polar surface area (TPSA) is 36.9 Å². The van der Waals surface area contributed by atoms with Crippen LogP contribution in [0.5, 0.6) is 23.0 Å². The maximum atomic E-state index is 6.21. The van der Waals surface area contributed by atoms with Gasteiger partial charge < -0.3 is 18.9 Å². The molecule has 0 radical (unpaired) electrons. The minimum absolute atomic E-state index is 0. The van der Waals surface area contributed by atoms with Crippen LogP contribution in [0.3, 0.4) is 0 Å². The van der Waals surface area contributed by atoms with Crippen molar-refractivity contribution in [3.05, 3.63) is 114 Å². The molecule has 8 bridgehead atoms. The van der Waals surface area contributed by atoms with Crippen molar-refractivity contribution in [3.8, 4) is 23.0 Å². The fourth-order valence-electron chi connectivity index (χ4n) is 5.69. The zero-order chi connectivity index (χ0) is 32.5. The summed E-state index contributed by atoms with van der Waals surface area (Å²) in [5.41, 5.74) is 8.93. The van der Waals surface area contributed by atoms with E-state index in [-0.39, 0.29) is 37.7 Å². The van der Waals surface area contributed by atoms with Crippen LogP contribution >= 0.6 is 31.9 Å². The number of ether oxygens (including phenoxy) is 4. The van der Waals surface area contributed by atoms with Crippen LogP contribution in [0.1, 0.15) is 97.9 Å². The Morgan fingerprint density at radius 3 is 0.896 bits per heavy atom. The SMILES string of the molecule is CCCOc1cc2[c-]c(c1)Cc1cc(OCCC)cc(c1Br)Cc1[c-]c(cc(OCCC)c1)Cc1cc(OCCC)cc(c1Br)C2.[Li+].[Li+]. The molecule has 48 heavy (non-hydrogen) atoms. The van der Waals surface area contributed by atoms with Gasteiger partial charge in [0.25, 0.3) is 0 Å². The van der Waals surface area contributed by atoms with E-state index in [2.05, 4.69) is 120 Å². The first-order valence-electron chi connectivity index (χ1n) is 16.6. The van der Waals surface area contributed by atoms with Crippen molar-refractivity contribution in [2.24, 2.45) is 0 Å². The molecule has 0 aliphatic heterocycles. The maximum Gasteiger partial charge on any atom is 1.00 e. The molecule has 1 aliphatic carbocycles. The number of hydrogen-bond acceptors (Lipinski definition) is 4. The molecular weight excluding hydrogens is 718 g/mol. The predicted molar refractivity (Wildman–Crippen MR) is 193 cm³/mol. The normalized spacial score (nSPS) is 12.0. The number of rotatable bonds is 12. The molecule has 0 spiro atoms. The fourth-order valence-corrected chi connectivity index (χ4v) is 6.71. The van der Waals surface area contributed by atoms with E-state index in [1.807, 2.05) is 0 Å². The fraction of sp³-hybridized carbons (Fsp3) is 0.400. The van der Waals surface area contributed by atoms with E-state index in [0.29, 0.717) is 52.1 Å². The molecule has 0 amide bonds. The Balaban J connectivity index is 0.00000312. The first-order valence-corrected chi connectivity index (χ1v) is 18.2. The minimum atomic E-state index is 0. The van der Waals surface area contributed by atoms with Gasteiger partial charge in [-0.15, -0.1) is 24.3 Å². The molecule has 0 aromatic heterocycles. The Kier molecular flexibility index (Phi) is 17.1. The summed E-state index contributed by atoms with van der Waals surface area (Å²) < 4.78 is 27.0. The van der Waals surface area contributed by atoms with Crippen LogP contribution in [0.4, 0.5) is 0 Å². The Bertz CT molecular complexity index is 1430. The van der Waals surface area contributed by atoms with Gasteiger partial charge in [-0.1, -0.05) is 59.6 Å². The van der Waals surface area contributed by atoms with Gasteiger partial charge in [0.15, 0.2) is 0 Å². The summed E-state index contributed by atoms with van der Waals surface area (Å²) in [5.74, 6) is 3.51. The molecule has 0 heterocycles. The van der Waals surface area contributed by atoms with E-state index in [4.69, 9.17) is 18.9 Å². The Hall–Kier alpha value is -1.77. The smallest absolute Gasteiger partial charge is 0.519 e. The summed E-state index contributed by atoms with van der Waals surface area (Å²) in [6, 6.07) is 24.6. The number of benzene rings is 4. The van der Waals surface area contributed by atoms with Crippen LogP contribution in [-0.2, 0) is 25.7 Å². The third-order valence-corrected chi connectivity index (χ3v) is 9.75. The Morgan fingerprint density at radius 1 is 0.438 bits per heavy atom. The Morgan fingerprint density at radius 2 is 0.667 bits per heavy atom. The Labute approximate surface area is 328 Å². The molecular formula is C40H44Br2Li2O4. The summed E-state index contributed by atoms with van der Waals surface area (Å²) in [6.07, 6.45) is 6.54. The molecule has 4 aromatic carbocycles. The molecule has 0 unspecified atom stereocenters. The van der Waals surface area contributed by atoms with Crippen LogP contribution in [0.2, 0.25) is 0 Å². The third kappa shape index (κ3) is 11.1. The van der Waals surface area contributed by atoms with Gasteiger partial charge in [-0.2, -0.15) is 34.4 Å². The van der Waals surface area contributed by atoms with Crippen LogP contribution in [-0.4, -0.2) is 26.4 Å². The maximum absolute atomic E-state index is 6.21. The quantitative estimate of drug-likeness (QED) is 0.137. The zero-order valence-corrected chi connectivity index (χ0v) is 32.7. The first kappa shape index (κ1) is 40.7. The van der Waals surface area contributed by atoms with Crippen LogP contribution in [0, 0.1) is 12.1 Å². The van der Waals surface area contributed by atoms with Gasteiger partial charge in [0.1, 0.15) is 11.5 Å². The molecule has 8 heteroatoms. The standard InChI is InChI=1S/C40H44Br2O4.2Li/c1-5-9-43-35-19-27-13-28(20-35)16-32-24-38(46-12-8-4)26-34(40(32)42)18-30-14-29(21-36(22-30)44-10-6-2)17-33-25-37(45-11-7-3)23-31(15-27)39(33)41;;/h19-26H,5-12,15-18H2,1-4H3;;/q-2;2*+1. The van der Waals surface area contributed by atoms with Gasteiger partial charge in [-0.25, -0.2) is 0 Å². The molecule has 4 aromatic rings.